The summed E-state index contributed by atoms with van der Waals surface area (Å²) < 4.78 is 1.26. The Kier molecular flexibility index (Phi) is 2.53. The molecule has 1 saturated carbocycles. The molecular formula is C12H15N3S. The first-order valence-electron chi connectivity index (χ1n) is 5.71. The van der Waals surface area contributed by atoms with Gasteiger partial charge in [-0.15, -0.1) is 0 Å². The maximum absolute atomic E-state index is 5.66. The zero-order chi connectivity index (χ0) is 11.0. The number of benzene rings is 1. The summed E-state index contributed by atoms with van der Waals surface area (Å²) in [6.07, 6.45) is 2.58. The van der Waals surface area contributed by atoms with Gasteiger partial charge in [0.2, 0.25) is 0 Å². The smallest absolute Gasteiger partial charge is 0.186 e. The van der Waals surface area contributed by atoms with Gasteiger partial charge in [0, 0.05) is 19.1 Å². The first-order chi connectivity index (χ1) is 7.88. The molecule has 1 aromatic carbocycles. The molecule has 0 unspecified atom stereocenters. The summed E-state index contributed by atoms with van der Waals surface area (Å²) in [5, 5.41) is 1.13. The number of rotatable bonds is 4. The summed E-state index contributed by atoms with van der Waals surface area (Å²) in [6, 6.07) is 8.99. The average molecular weight is 233 g/mol. The molecule has 0 amide bonds. The highest BCUT2D eigenvalue weighted by molar-refractivity contribution is 7.22. The van der Waals surface area contributed by atoms with Crippen LogP contribution < -0.4 is 10.6 Å². The predicted octanol–water partition coefficient (Wildman–Crippen LogP) is 2.22. The van der Waals surface area contributed by atoms with Crippen molar-refractivity contribution in [2.45, 2.75) is 18.9 Å². The number of fused-ring (bicyclic) bond motifs is 1. The first-order valence-corrected chi connectivity index (χ1v) is 6.52. The standard InChI is InChI=1S/C12H15N3S/c13-7-8-15(9-5-6-9)12-14-10-3-1-2-4-11(10)16-12/h1-4,9H,5-8,13H2. The van der Waals surface area contributed by atoms with Crippen LogP contribution in [0.15, 0.2) is 24.3 Å². The lowest BCUT2D eigenvalue weighted by molar-refractivity contribution is 0.782. The molecule has 0 aliphatic heterocycles. The Morgan fingerprint density at radius 2 is 2.19 bits per heavy atom. The van der Waals surface area contributed by atoms with Crippen molar-refractivity contribution in [1.29, 1.82) is 0 Å². The fraction of sp³-hybridized carbons (Fsp3) is 0.417. The monoisotopic (exact) mass is 233 g/mol. The van der Waals surface area contributed by atoms with Gasteiger partial charge in [0.25, 0.3) is 0 Å². The molecule has 0 spiro atoms. The fourth-order valence-electron chi connectivity index (χ4n) is 1.94. The van der Waals surface area contributed by atoms with Gasteiger partial charge in [0.05, 0.1) is 10.2 Å². The van der Waals surface area contributed by atoms with Crippen LogP contribution in [0, 0.1) is 0 Å². The Labute approximate surface area is 98.9 Å². The third-order valence-corrected chi connectivity index (χ3v) is 3.96. The molecule has 1 aliphatic rings. The maximum Gasteiger partial charge on any atom is 0.186 e. The maximum atomic E-state index is 5.66. The van der Waals surface area contributed by atoms with E-state index in [9.17, 15) is 0 Å². The minimum absolute atomic E-state index is 0.684. The van der Waals surface area contributed by atoms with Crippen molar-refractivity contribution < 1.29 is 0 Å². The summed E-state index contributed by atoms with van der Waals surface area (Å²) >= 11 is 1.77. The molecule has 0 radical (unpaired) electrons. The van der Waals surface area contributed by atoms with Crippen molar-refractivity contribution in [2.75, 3.05) is 18.0 Å². The van der Waals surface area contributed by atoms with Gasteiger partial charge < -0.3 is 10.6 Å². The molecule has 0 atom stereocenters. The lowest BCUT2D eigenvalue weighted by Gasteiger charge is -2.19. The topological polar surface area (TPSA) is 42.1 Å². The number of para-hydroxylation sites is 1. The number of nitrogens with two attached hydrogens (primary N) is 1. The van der Waals surface area contributed by atoms with Crippen molar-refractivity contribution >= 4 is 26.7 Å². The zero-order valence-electron chi connectivity index (χ0n) is 9.10. The SMILES string of the molecule is NCCN(c1nc2ccccc2s1)C1CC1. The van der Waals surface area contributed by atoms with E-state index in [1.54, 1.807) is 11.3 Å². The molecule has 3 nitrogen and oxygen atoms in total. The third-order valence-electron chi connectivity index (χ3n) is 2.89. The summed E-state index contributed by atoms with van der Waals surface area (Å²) in [6.45, 7) is 1.62. The summed E-state index contributed by atoms with van der Waals surface area (Å²) in [7, 11) is 0. The van der Waals surface area contributed by atoms with E-state index in [2.05, 4.69) is 28.1 Å². The second-order valence-corrected chi connectivity index (χ2v) is 5.19. The fourth-order valence-corrected chi connectivity index (χ4v) is 3.01. The molecule has 1 aromatic heterocycles. The number of hydrogen-bond acceptors (Lipinski definition) is 4. The van der Waals surface area contributed by atoms with Gasteiger partial charge in [-0.1, -0.05) is 23.5 Å². The quantitative estimate of drug-likeness (QED) is 0.880. The molecule has 2 aromatic rings. The molecule has 84 valence electrons. The van der Waals surface area contributed by atoms with E-state index in [1.165, 1.54) is 17.5 Å². The molecule has 1 heterocycles. The van der Waals surface area contributed by atoms with E-state index in [0.717, 1.165) is 17.2 Å². The van der Waals surface area contributed by atoms with Crippen molar-refractivity contribution in [3.05, 3.63) is 24.3 Å². The van der Waals surface area contributed by atoms with Crippen LogP contribution in [0.3, 0.4) is 0 Å². The number of thiazole rings is 1. The van der Waals surface area contributed by atoms with Crippen LogP contribution in [0.2, 0.25) is 0 Å². The van der Waals surface area contributed by atoms with Gasteiger partial charge in [0.15, 0.2) is 5.13 Å². The van der Waals surface area contributed by atoms with Crippen LogP contribution in [0.4, 0.5) is 5.13 Å². The Morgan fingerprint density at radius 3 is 2.88 bits per heavy atom. The minimum Gasteiger partial charge on any atom is -0.344 e. The van der Waals surface area contributed by atoms with E-state index < -0.39 is 0 Å². The van der Waals surface area contributed by atoms with Gasteiger partial charge >= 0.3 is 0 Å². The lowest BCUT2D eigenvalue weighted by atomic mass is 10.3. The molecule has 16 heavy (non-hydrogen) atoms. The van der Waals surface area contributed by atoms with E-state index in [1.807, 2.05) is 6.07 Å². The molecular weight excluding hydrogens is 218 g/mol. The number of hydrogen-bond donors (Lipinski definition) is 1. The van der Waals surface area contributed by atoms with Gasteiger partial charge in [-0.3, -0.25) is 0 Å². The van der Waals surface area contributed by atoms with Gasteiger partial charge in [0.1, 0.15) is 0 Å². The third kappa shape index (κ3) is 1.79. The number of anilines is 1. The molecule has 0 bridgehead atoms. The molecule has 0 saturated heterocycles. The normalized spacial score (nSPS) is 15.6. The average Bonchev–Trinajstić information content (AvgIpc) is 3.04. The van der Waals surface area contributed by atoms with Crippen LogP contribution in [0.1, 0.15) is 12.8 Å². The van der Waals surface area contributed by atoms with Crippen molar-refractivity contribution in [3.63, 3.8) is 0 Å². The molecule has 1 aliphatic carbocycles. The van der Waals surface area contributed by atoms with E-state index in [-0.39, 0.29) is 0 Å². The van der Waals surface area contributed by atoms with Crippen LogP contribution >= 0.6 is 11.3 Å². The molecule has 3 rings (SSSR count). The first kappa shape index (κ1) is 10.1. The number of aromatic nitrogens is 1. The minimum atomic E-state index is 0.684. The van der Waals surface area contributed by atoms with E-state index in [0.29, 0.717) is 12.6 Å². The van der Waals surface area contributed by atoms with Crippen molar-refractivity contribution in [1.82, 2.24) is 4.98 Å². The van der Waals surface area contributed by atoms with Crippen molar-refractivity contribution in [2.24, 2.45) is 5.73 Å². The second kappa shape index (κ2) is 4.03. The highest BCUT2D eigenvalue weighted by Gasteiger charge is 2.30. The summed E-state index contributed by atoms with van der Waals surface area (Å²) in [5.74, 6) is 0. The van der Waals surface area contributed by atoms with E-state index >= 15 is 0 Å². The largest absolute Gasteiger partial charge is 0.344 e. The zero-order valence-corrected chi connectivity index (χ0v) is 9.91. The Morgan fingerprint density at radius 1 is 1.38 bits per heavy atom. The Balaban J connectivity index is 1.96. The van der Waals surface area contributed by atoms with Crippen LogP contribution in [-0.4, -0.2) is 24.1 Å². The van der Waals surface area contributed by atoms with Crippen molar-refractivity contribution in [3.8, 4) is 0 Å². The lowest BCUT2D eigenvalue weighted by Crippen LogP contribution is -2.31. The highest BCUT2D eigenvalue weighted by atomic mass is 32.1. The highest BCUT2D eigenvalue weighted by Crippen LogP contribution is 2.35. The number of nitrogens with zero attached hydrogens (tertiary/aromatic N) is 2. The molecule has 2 N–H and O–H groups in total. The van der Waals surface area contributed by atoms with Gasteiger partial charge in [-0.25, -0.2) is 4.98 Å². The van der Waals surface area contributed by atoms with Gasteiger partial charge in [-0.2, -0.15) is 0 Å². The summed E-state index contributed by atoms with van der Waals surface area (Å²) in [5.41, 5.74) is 6.76. The molecule has 1 fully saturated rings. The Hall–Kier alpha value is -1.13. The molecule has 4 heteroatoms. The van der Waals surface area contributed by atoms with Gasteiger partial charge in [-0.05, 0) is 25.0 Å². The predicted molar refractivity (Wildman–Crippen MR) is 69.0 cm³/mol. The van der Waals surface area contributed by atoms with Crippen LogP contribution in [0.25, 0.3) is 10.2 Å². The Bertz CT molecular complexity index is 457. The summed E-state index contributed by atoms with van der Waals surface area (Å²) in [4.78, 5) is 7.05. The van der Waals surface area contributed by atoms with Crippen LogP contribution in [0.5, 0.6) is 0 Å². The second-order valence-electron chi connectivity index (χ2n) is 4.18. The van der Waals surface area contributed by atoms with E-state index in [4.69, 9.17) is 5.73 Å². The van der Waals surface area contributed by atoms with Crippen LogP contribution in [-0.2, 0) is 0 Å².